The van der Waals surface area contributed by atoms with Crippen LogP contribution in [-0.4, -0.2) is 20.4 Å². The predicted octanol–water partition coefficient (Wildman–Crippen LogP) is 0.991. The topological polar surface area (TPSA) is 89.3 Å². The maximum absolute atomic E-state index is 11.9. The van der Waals surface area contributed by atoms with Gasteiger partial charge < -0.3 is 5.73 Å². The van der Waals surface area contributed by atoms with Crippen LogP contribution in [0.5, 0.6) is 0 Å². The third kappa shape index (κ3) is 3.79. The minimum Gasteiger partial charge on any atom is -0.368 e. The summed E-state index contributed by atoms with van der Waals surface area (Å²) in [4.78, 5) is 11.1. The van der Waals surface area contributed by atoms with E-state index in [4.69, 9.17) is 5.73 Å². The van der Waals surface area contributed by atoms with E-state index in [2.05, 4.69) is 20.7 Å². The number of nitrogens with two attached hydrogens (primary N) is 1. The molecule has 17 heavy (non-hydrogen) atoms. The molecule has 94 valence electrons. The van der Waals surface area contributed by atoms with Gasteiger partial charge in [-0.1, -0.05) is 22.9 Å². The molecule has 3 N–H and O–H groups in total. The van der Waals surface area contributed by atoms with Crippen molar-refractivity contribution in [3.8, 4) is 0 Å². The Labute approximate surface area is 109 Å². The maximum atomic E-state index is 11.9. The molecule has 0 bridgehead atoms. The van der Waals surface area contributed by atoms with Crippen LogP contribution in [0.1, 0.15) is 13.3 Å². The van der Waals surface area contributed by atoms with E-state index in [1.54, 1.807) is 19.1 Å². The fourth-order valence-electron chi connectivity index (χ4n) is 1.21. The van der Waals surface area contributed by atoms with E-state index < -0.39 is 22.0 Å². The molecular weight excluding hydrogens is 308 g/mol. The lowest BCUT2D eigenvalue weighted by Crippen LogP contribution is -2.43. The van der Waals surface area contributed by atoms with Crippen LogP contribution in [0.3, 0.4) is 0 Å². The second-order valence-corrected chi connectivity index (χ2v) is 6.07. The van der Waals surface area contributed by atoms with Crippen LogP contribution in [0.15, 0.2) is 33.6 Å². The summed E-state index contributed by atoms with van der Waals surface area (Å²) in [6, 6.07) is 5.23. The molecule has 1 rings (SSSR count). The summed E-state index contributed by atoms with van der Waals surface area (Å²) in [5, 5.41) is 0. The monoisotopic (exact) mass is 320 g/mol. The minimum atomic E-state index is -3.71. The van der Waals surface area contributed by atoms with Crippen LogP contribution in [0, 0.1) is 0 Å². The quantitative estimate of drug-likeness (QED) is 0.847. The summed E-state index contributed by atoms with van der Waals surface area (Å²) in [6.07, 6.45) is 0.311. The van der Waals surface area contributed by atoms with Crippen LogP contribution >= 0.6 is 15.9 Å². The lowest BCUT2D eigenvalue weighted by atomic mass is 10.2. The van der Waals surface area contributed by atoms with Crippen molar-refractivity contribution in [3.63, 3.8) is 0 Å². The summed E-state index contributed by atoms with van der Waals surface area (Å²) < 4.78 is 26.8. The molecule has 0 aliphatic rings. The van der Waals surface area contributed by atoms with Crippen molar-refractivity contribution in [2.45, 2.75) is 24.3 Å². The van der Waals surface area contributed by atoms with E-state index in [0.29, 0.717) is 6.42 Å². The highest BCUT2D eigenvalue weighted by molar-refractivity contribution is 9.10. The number of halogens is 1. The molecule has 0 heterocycles. The summed E-state index contributed by atoms with van der Waals surface area (Å²) in [5.41, 5.74) is 5.08. The first-order valence-electron chi connectivity index (χ1n) is 4.94. The third-order valence-electron chi connectivity index (χ3n) is 2.17. The van der Waals surface area contributed by atoms with Gasteiger partial charge in [-0.15, -0.1) is 0 Å². The number of carbonyl (C=O) groups excluding carboxylic acids is 1. The largest absolute Gasteiger partial charge is 0.368 e. The molecule has 5 nitrogen and oxygen atoms in total. The number of primary amides is 1. The van der Waals surface area contributed by atoms with E-state index in [-0.39, 0.29) is 4.90 Å². The summed E-state index contributed by atoms with van der Waals surface area (Å²) in [5.74, 6) is -0.687. The maximum Gasteiger partial charge on any atom is 0.241 e. The van der Waals surface area contributed by atoms with Gasteiger partial charge in [-0.3, -0.25) is 4.79 Å². The zero-order valence-corrected chi connectivity index (χ0v) is 11.6. The molecule has 1 aromatic carbocycles. The van der Waals surface area contributed by atoms with Crippen molar-refractivity contribution < 1.29 is 13.2 Å². The average Bonchev–Trinajstić information content (AvgIpc) is 2.26. The molecule has 1 amide bonds. The molecule has 1 atom stereocenters. The van der Waals surface area contributed by atoms with E-state index in [1.807, 2.05) is 0 Å². The number of amides is 1. The van der Waals surface area contributed by atoms with Crippen molar-refractivity contribution in [2.24, 2.45) is 5.73 Å². The lowest BCUT2D eigenvalue weighted by Gasteiger charge is -2.13. The Balaban J connectivity index is 2.96. The second kappa shape index (κ2) is 5.61. The van der Waals surface area contributed by atoms with Crippen molar-refractivity contribution >= 4 is 31.9 Å². The van der Waals surface area contributed by atoms with Gasteiger partial charge in [-0.25, -0.2) is 8.42 Å². The van der Waals surface area contributed by atoms with Crippen LogP contribution < -0.4 is 10.5 Å². The van der Waals surface area contributed by atoms with E-state index in [1.165, 1.54) is 12.1 Å². The second-order valence-electron chi connectivity index (χ2n) is 3.44. The number of carbonyl (C=O) groups is 1. The van der Waals surface area contributed by atoms with Crippen molar-refractivity contribution in [1.29, 1.82) is 0 Å². The first kappa shape index (κ1) is 14.1. The number of sulfonamides is 1. The zero-order valence-electron chi connectivity index (χ0n) is 9.18. The summed E-state index contributed by atoms with van der Waals surface area (Å²) in [6.45, 7) is 1.68. The summed E-state index contributed by atoms with van der Waals surface area (Å²) in [7, 11) is -3.71. The van der Waals surface area contributed by atoms with Crippen molar-refractivity contribution in [1.82, 2.24) is 4.72 Å². The molecule has 0 aromatic heterocycles. The van der Waals surface area contributed by atoms with Crippen LogP contribution in [0.2, 0.25) is 0 Å². The first-order chi connectivity index (χ1) is 7.86. The molecule has 0 aliphatic heterocycles. The molecule has 1 aromatic rings. The number of benzene rings is 1. The lowest BCUT2D eigenvalue weighted by molar-refractivity contribution is -0.119. The molecular formula is C10H13BrN2O3S. The fraction of sp³-hybridized carbons (Fsp3) is 0.300. The van der Waals surface area contributed by atoms with Crippen LogP contribution in [0.4, 0.5) is 0 Å². The van der Waals surface area contributed by atoms with Gasteiger partial charge in [0.15, 0.2) is 0 Å². The van der Waals surface area contributed by atoms with Gasteiger partial charge in [-0.2, -0.15) is 4.72 Å². The molecule has 0 spiro atoms. The number of hydrogen-bond donors (Lipinski definition) is 2. The van der Waals surface area contributed by atoms with Gasteiger partial charge in [0, 0.05) is 4.47 Å². The SMILES string of the molecule is CCC(NS(=O)(=O)c1ccc(Br)cc1)C(N)=O. The smallest absolute Gasteiger partial charge is 0.241 e. The molecule has 0 saturated carbocycles. The standard InChI is InChI=1S/C10H13BrN2O3S/c1-2-9(10(12)14)13-17(15,16)8-5-3-7(11)4-6-8/h3-6,9,13H,2H2,1H3,(H2,12,14). The predicted molar refractivity (Wildman–Crippen MR) is 67.7 cm³/mol. The van der Waals surface area contributed by atoms with E-state index in [9.17, 15) is 13.2 Å². The molecule has 7 heteroatoms. The Bertz CT molecular complexity index is 499. The van der Waals surface area contributed by atoms with Gasteiger partial charge in [0.2, 0.25) is 15.9 Å². The van der Waals surface area contributed by atoms with Gasteiger partial charge in [0.1, 0.15) is 6.04 Å². The van der Waals surface area contributed by atoms with Gasteiger partial charge >= 0.3 is 0 Å². The van der Waals surface area contributed by atoms with Gasteiger partial charge in [0.25, 0.3) is 0 Å². The Hall–Kier alpha value is -0.920. The Morgan fingerprint density at radius 1 is 1.41 bits per heavy atom. The van der Waals surface area contributed by atoms with Crippen LogP contribution in [0.25, 0.3) is 0 Å². The van der Waals surface area contributed by atoms with Gasteiger partial charge in [-0.05, 0) is 30.7 Å². The first-order valence-corrected chi connectivity index (χ1v) is 7.21. The molecule has 0 saturated heterocycles. The number of nitrogens with one attached hydrogen (secondary N) is 1. The van der Waals surface area contributed by atoms with Crippen molar-refractivity contribution in [3.05, 3.63) is 28.7 Å². The highest BCUT2D eigenvalue weighted by Gasteiger charge is 2.22. The average molecular weight is 321 g/mol. The zero-order chi connectivity index (χ0) is 13.1. The normalized spacial score (nSPS) is 13.3. The third-order valence-corrected chi connectivity index (χ3v) is 4.19. The summed E-state index contributed by atoms with van der Waals surface area (Å²) >= 11 is 3.21. The van der Waals surface area contributed by atoms with E-state index in [0.717, 1.165) is 4.47 Å². The number of rotatable bonds is 5. The Morgan fingerprint density at radius 3 is 2.35 bits per heavy atom. The minimum absolute atomic E-state index is 0.0976. The molecule has 1 unspecified atom stereocenters. The van der Waals surface area contributed by atoms with Crippen molar-refractivity contribution in [2.75, 3.05) is 0 Å². The highest BCUT2D eigenvalue weighted by Crippen LogP contribution is 2.15. The molecule has 0 fully saturated rings. The molecule has 0 aliphatic carbocycles. The fourth-order valence-corrected chi connectivity index (χ4v) is 2.76. The number of hydrogen-bond acceptors (Lipinski definition) is 3. The highest BCUT2D eigenvalue weighted by atomic mass is 79.9. The Morgan fingerprint density at radius 2 is 1.94 bits per heavy atom. The molecule has 0 radical (unpaired) electrons. The Kier molecular flexibility index (Phi) is 4.67. The van der Waals surface area contributed by atoms with Crippen LogP contribution in [-0.2, 0) is 14.8 Å². The van der Waals surface area contributed by atoms with E-state index >= 15 is 0 Å². The van der Waals surface area contributed by atoms with Gasteiger partial charge in [0.05, 0.1) is 4.90 Å².